The lowest BCUT2D eigenvalue weighted by Gasteiger charge is -2.42. The van der Waals surface area contributed by atoms with Crippen molar-refractivity contribution in [2.75, 3.05) is 13.1 Å². The Labute approximate surface area is 101 Å². The highest BCUT2D eigenvalue weighted by molar-refractivity contribution is 5.89. The number of hydrogen-bond acceptors (Lipinski definition) is 3. The number of rotatable bonds is 1. The Morgan fingerprint density at radius 2 is 2.18 bits per heavy atom. The standard InChI is InChI=1S/C12H19N3O2/c13-12(4-5-12)11(17)15-6-3-9-8(7-15)1-2-10(16)14-9/h8-9H,1-7,13H2,(H,14,16). The fraction of sp³-hybridized carbons (Fsp3) is 0.833. The Morgan fingerprint density at radius 3 is 2.88 bits per heavy atom. The van der Waals surface area contributed by atoms with E-state index in [4.69, 9.17) is 5.73 Å². The third-order valence-electron chi connectivity index (χ3n) is 4.32. The van der Waals surface area contributed by atoms with Gasteiger partial charge in [-0.25, -0.2) is 0 Å². The molecule has 3 fully saturated rings. The summed E-state index contributed by atoms with van der Waals surface area (Å²) in [4.78, 5) is 25.3. The second-order valence-corrected chi connectivity index (χ2v) is 5.67. The van der Waals surface area contributed by atoms with Crippen molar-refractivity contribution in [1.82, 2.24) is 10.2 Å². The summed E-state index contributed by atoms with van der Waals surface area (Å²) in [5.41, 5.74) is 5.40. The van der Waals surface area contributed by atoms with Crippen molar-refractivity contribution in [3.63, 3.8) is 0 Å². The summed E-state index contributed by atoms with van der Waals surface area (Å²) in [6.07, 6.45) is 4.02. The van der Waals surface area contributed by atoms with Gasteiger partial charge in [0.1, 0.15) is 0 Å². The molecular weight excluding hydrogens is 218 g/mol. The van der Waals surface area contributed by atoms with Crippen molar-refractivity contribution in [3.05, 3.63) is 0 Å². The predicted molar refractivity (Wildman–Crippen MR) is 62.0 cm³/mol. The van der Waals surface area contributed by atoms with Crippen molar-refractivity contribution in [2.24, 2.45) is 11.7 Å². The molecule has 5 nitrogen and oxygen atoms in total. The molecule has 0 aromatic rings. The van der Waals surface area contributed by atoms with E-state index >= 15 is 0 Å². The van der Waals surface area contributed by atoms with Gasteiger partial charge in [-0.15, -0.1) is 0 Å². The first kappa shape index (κ1) is 11.0. The maximum atomic E-state index is 12.1. The molecule has 0 radical (unpaired) electrons. The molecule has 1 aliphatic carbocycles. The van der Waals surface area contributed by atoms with Crippen molar-refractivity contribution in [3.8, 4) is 0 Å². The number of nitrogens with two attached hydrogens (primary N) is 1. The molecule has 3 aliphatic rings. The number of fused-ring (bicyclic) bond motifs is 1. The minimum Gasteiger partial charge on any atom is -0.353 e. The van der Waals surface area contributed by atoms with Gasteiger partial charge in [0.05, 0.1) is 5.54 Å². The number of amides is 2. The largest absolute Gasteiger partial charge is 0.353 e. The number of nitrogens with one attached hydrogen (secondary N) is 1. The van der Waals surface area contributed by atoms with Crippen LogP contribution in [-0.4, -0.2) is 41.4 Å². The summed E-state index contributed by atoms with van der Waals surface area (Å²) in [6.45, 7) is 1.50. The van der Waals surface area contributed by atoms with Crippen LogP contribution in [0.4, 0.5) is 0 Å². The predicted octanol–water partition coefficient (Wildman–Crippen LogP) is -0.395. The highest BCUT2D eigenvalue weighted by Gasteiger charge is 2.49. The van der Waals surface area contributed by atoms with Crippen LogP contribution in [0, 0.1) is 5.92 Å². The summed E-state index contributed by atoms with van der Waals surface area (Å²) in [7, 11) is 0. The van der Waals surface area contributed by atoms with Gasteiger partial charge in [0, 0.05) is 25.6 Å². The third kappa shape index (κ3) is 1.92. The summed E-state index contributed by atoms with van der Waals surface area (Å²) < 4.78 is 0. The molecule has 94 valence electrons. The van der Waals surface area contributed by atoms with E-state index in [9.17, 15) is 9.59 Å². The van der Waals surface area contributed by atoms with Crippen molar-refractivity contribution in [2.45, 2.75) is 43.7 Å². The van der Waals surface area contributed by atoms with Crippen molar-refractivity contribution < 1.29 is 9.59 Å². The molecule has 0 spiro atoms. The molecule has 2 atom stereocenters. The van der Waals surface area contributed by atoms with Crippen LogP contribution < -0.4 is 11.1 Å². The van der Waals surface area contributed by atoms with Crippen LogP contribution in [0.5, 0.6) is 0 Å². The number of carbonyl (C=O) groups is 2. The van der Waals surface area contributed by atoms with E-state index in [1.54, 1.807) is 0 Å². The maximum absolute atomic E-state index is 12.1. The highest BCUT2D eigenvalue weighted by Crippen LogP contribution is 2.36. The molecule has 2 heterocycles. The molecule has 17 heavy (non-hydrogen) atoms. The Morgan fingerprint density at radius 1 is 1.41 bits per heavy atom. The average molecular weight is 237 g/mol. The van der Waals surface area contributed by atoms with Crippen LogP contribution in [0.3, 0.4) is 0 Å². The minimum absolute atomic E-state index is 0.118. The topological polar surface area (TPSA) is 75.4 Å². The lowest BCUT2D eigenvalue weighted by molar-refractivity contribution is -0.137. The Bertz CT molecular complexity index is 365. The molecule has 3 rings (SSSR count). The molecule has 2 aliphatic heterocycles. The Balaban J connectivity index is 1.64. The molecule has 0 aromatic carbocycles. The normalized spacial score (nSPS) is 34.9. The molecule has 2 amide bonds. The van der Waals surface area contributed by atoms with E-state index in [2.05, 4.69) is 5.32 Å². The van der Waals surface area contributed by atoms with Crippen LogP contribution in [0.2, 0.25) is 0 Å². The van der Waals surface area contributed by atoms with E-state index in [0.29, 0.717) is 12.3 Å². The van der Waals surface area contributed by atoms with Gasteiger partial charge in [-0.2, -0.15) is 0 Å². The summed E-state index contributed by atoms with van der Waals surface area (Å²) in [5, 5.41) is 3.02. The van der Waals surface area contributed by atoms with Gasteiger partial charge in [-0.3, -0.25) is 9.59 Å². The number of likely N-dealkylation sites (tertiary alicyclic amines) is 1. The van der Waals surface area contributed by atoms with E-state index in [1.165, 1.54) is 0 Å². The third-order valence-corrected chi connectivity index (χ3v) is 4.32. The van der Waals surface area contributed by atoms with Gasteiger partial charge in [0.2, 0.25) is 11.8 Å². The average Bonchev–Trinajstić information content (AvgIpc) is 3.07. The fourth-order valence-electron chi connectivity index (χ4n) is 2.96. The molecule has 0 aromatic heterocycles. The quantitative estimate of drug-likeness (QED) is 0.652. The fourth-order valence-corrected chi connectivity index (χ4v) is 2.96. The highest BCUT2D eigenvalue weighted by atomic mass is 16.2. The summed E-state index contributed by atoms with van der Waals surface area (Å²) in [5.74, 6) is 0.698. The van der Waals surface area contributed by atoms with Gasteiger partial charge < -0.3 is 16.0 Å². The molecule has 2 saturated heterocycles. The molecule has 2 unspecified atom stereocenters. The number of nitrogens with zero attached hydrogens (tertiary/aromatic N) is 1. The van der Waals surface area contributed by atoms with E-state index in [1.807, 2.05) is 4.90 Å². The van der Waals surface area contributed by atoms with Crippen LogP contribution in [0.1, 0.15) is 32.1 Å². The molecule has 1 saturated carbocycles. The monoisotopic (exact) mass is 237 g/mol. The van der Waals surface area contributed by atoms with Crippen molar-refractivity contribution in [1.29, 1.82) is 0 Å². The molecular formula is C12H19N3O2. The lowest BCUT2D eigenvalue weighted by Crippen LogP contribution is -2.57. The molecule has 3 N–H and O–H groups in total. The molecule has 0 bridgehead atoms. The zero-order valence-corrected chi connectivity index (χ0v) is 9.95. The van der Waals surface area contributed by atoms with Gasteiger partial charge in [-0.1, -0.05) is 0 Å². The summed E-state index contributed by atoms with van der Waals surface area (Å²) >= 11 is 0. The van der Waals surface area contributed by atoms with E-state index in [-0.39, 0.29) is 17.9 Å². The minimum atomic E-state index is -0.551. The van der Waals surface area contributed by atoms with E-state index < -0.39 is 5.54 Å². The van der Waals surface area contributed by atoms with Crippen LogP contribution in [0.25, 0.3) is 0 Å². The smallest absolute Gasteiger partial charge is 0.242 e. The maximum Gasteiger partial charge on any atom is 0.242 e. The Hall–Kier alpha value is -1.10. The Kier molecular flexibility index (Phi) is 2.40. The zero-order chi connectivity index (χ0) is 12.0. The van der Waals surface area contributed by atoms with Crippen LogP contribution in [0.15, 0.2) is 0 Å². The van der Waals surface area contributed by atoms with Gasteiger partial charge >= 0.3 is 0 Å². The second kappa shape index (κ2) is 3.70. The van der Waals surface area contributed by atoms with Crippen molar-refractivity contribution >= 4 is 11.8 Å². The first-order chi connectivity index (χ1) is 8.08. The summed E-state index contributed by atoms with van der Waals surface area (Å²) in [6, 6.07) is 0.272. The van der Waals surface area contributed by atoms with Gasteiger partial charge in [0.25, 0.3) is 0 Å². The number of hydrogen-bond donors (Lipinski definition) is 2. The van der Waals surface area contributed by atoms with E-state index in [0.717, 1.165) is 38.8 Å². The second-order valence-electron chi connectivity index (χ2n) is 5.67. The number of piperidine rings is 2. The SMILES string of the molecule is NC1(C(=O)N2CCC3NC(=O)CCC3C2)CC1. The van der Waals surface area contributed by atoms with Crippen LogP contribution >= 0.6 is 0 Å². The number of carbonyl (C=O) groups excluding carboxylic acids is 2. The lowest BCUT2D eigenvalue weighted by atomic mass is 9.85. The first-order valence-corrected chi connectivity index (χ1v) is 6.46. The van der Waals surface area contributed by atoms with Crippen LogP contribution in [-0.2, 0) is 9.59 Å². The first-order valence-electron chi connectivity index (χ1n) is 6.46. The van der Waals surface area contributed by atoms with Gasteiger partial charge in [0.15, 0.2) is 0 Å². The molecule has 5 heteroatoms. The zero-order valence-electron chi connectivity index (χ0n) is 9.95. The van der Waals surface area contributed by atoms with Gasteiger partial charge in [-0.05, 0) is 31.6 Å².